The Morgan fingerprint density at radius 2 is 1.96 bits per heavy atom. The Hall–Kier alpha value is -1.99. The van der Waals surface area contributed by atoms with Gasteiger partial charge in [-0.2, -0.15) is 0 Å². The van der Waals surface area contributed by atoms with E-state index >= 15 is 0 Å². The number of halogens is 2. The second-order valence-corrected chi connectivity index (χ2v) is 6.53. The molecule has 0 atom stereocenters. The van der Waals surface area contributed by atoms with Crippen LogP contribution in [0.25, 0.3) is 11.0 Å². The summed E-state index contributed by atoms with van der Waals surface area (Å²) < 4.78 is 11.9. The largest absolute Gasteiger partial charge is 0.457 e. The van der Waals surface area contributed by atoms with Gasteiger partial charge in [0.15, 0.2) is 0 Å². The molecule has 0 unspecified atom stereocenters. The lowest BCUT2D eigenvalue weighted by Gasteiger charge is -2.07. The number of carbonyl (C=O) groups excluding carboxylic acids is 1. The molecule has 0 N–H and O–H groups in total. The van der Waals surface area contributed by atoms with Crippen LogP contribution >= 0.6 is 31.9 Å². The first kappa shape index (κ1) is 15.9. The third-order valence-corrected chi connectivity index (χ3v) is 4.02. The van der Waals surface area contributed by atoms with Crippen molar-refractivity contribution in [1.29, 1.82) is 0 Å². The van der Waals surface area contributed by atoms with Crippen LogP contribution in [0.5, 0.6) is 0 Å². The zero-order valence-corrected chi connectivity index (χ0v) is 14.8. The molecule has 0 bridgehead atoms. The molecule has 1 aromatic carbocycles. The molecule has 116 valence electrons. The van der Waals surface area contributed by atoms with E-state index in [1.807, 2.05) is 6.07 Å². The van der Waals surface area contributed by atoms with Crippen LogP contribution in [0.4, 0.5) is 0 Å². The minimum Gasteiger partial charge on any atom is -0.457 e. The molecule has 2 heterocycles. The van der Waals surface area contributed by atoms with Gasteiger partial charge in [0.25, 0.3) is 0 Å². The number of ether oxygens (including phenoxy) is 1. The fourth-order valence-corrected chi connectivity index (χ4v) is 2.78. The van der Waals surface area contributed by atoms with Crippen LogP contribution in [-0.4, -0.2) is 11.0 Å². The van der Waals surface area contributed by atoms with E-state index in [2.05, 4.69) is 36.8 Å². The first-order chi connectivity index (χ1) is 11.0. The van der Waals surface area contributed by atoms with Gasteiger partial charge < -0.3 is 9.15 Å². The second-order valence-electron chi connectivity index (χ2n) is 4.70. The predicted octanol–water partition coefficient (Wildman–Crippen LogP) is 4.07. The van der Waals surface area contributed by atoms with Gasteiger partial charge in [0.1, 0.15) is 12.2 Å². The first-order valence-electron chi connectivity index (χ1n) is 6.53. The molecule has 2 aromatic heterocycles. The monoisotopic (exact) mass is 437 g/mol. The van der Waals surface area contributed by atoms with E-state index in [0.29, 0.717) is 26.6 Å². The molecule has 0 saturated heterocycles. The highest BCUT2D eigenvalue weighted by Gasteiger charge is 2.11. The van der Waals surface area contributed by atoms with Crippen LogP contribution < -0.4 is 5.63 Å². The fourth-order valence-electron chi connectivity index (χ4n) is 2.07. The molecule has 3 rings (SSSR count). The lowest BCUT2D eigenvalue weighted by molar-refractivity contribution is 0.0473. The Morgan fingerprint density at radius 3 is 2.74 bits per heavy atom. The first-order valence-corrected chi connectivity index (χ1v) is 8.11. The average Bonchev–Trinajstić information content (AvgIpc) is 2.51. The van der Waals surface area contributed by atoms with Crippen molar-refractivity contribution in [3.63, 3.8) is 0 Å². The summed E-state index contributed by atoms with van der Waals surface area (Å²) in [6.45, 7) is -0.0327. The van der Waals surface area contributed by atoms with Gasteiger partial charge in [-0.05, 0) is 40.2 Å². The maximum Gasteiger partial charge on any atom is 0.340 e. The topological polar surface area (TPSA) is 69.4 Å². The lowest BCUT2D eigenvalue weighted by atomic mass is 10.1. The van der Waals surface area contributed by atoms with Gasteiger partial charge in [0.05, 0.1) is 5.56 Å². The van der Waals surface area contributed by atoms with Crippen LogP contribution in [0.15, 0.2) is 60.9 Å². The summed E-state index contributed by atoms with van der Waals surface area (Å²) in [6, 6.07) is 8.25. The highest BCUT2D eigenvalue weighted by Crippen LogP contribution is 2.22. The number of carbonyl (C=O) groups is 1. The van der Waals surface area contributed by atoms with Crippen molar-refractivity contribution in [2.24, 2.45) is 0 Å². The van der Waals surface area contributed by atoms with Crippen LogP contribution in [-0.2, 0) is 11.3 Å². The Bertz CT molecular complexity index is 952. The summed E-state index contributed by atoms with van der Waals surface area (Å²) in [7, 11) is 0. The number of nitrogens with zero attached hydrogens (tertiary/aromatic N) is 1. The van der Waals surface area contributed by atoms with Crippen molar-refractivity contribution in [2.75, 3.05) is 0 Å². The Labute approximate surface area is 147 Å². The summed E-state index contributed by atoms with van der Waals surface area (Å²) in [5.74, 6) is -0.516. The molecule has 7 heteroatoms. The number of hydrogen-bond donors (Lipinski definition) is 0. The number of pyridine rings is 1. The van der Waals surface area contributed by atoms with Crippen molar-refractivity contribution < 1.29 is 13.9 Å². The fraction of sp³-hybridized carbons (Fsp3) is 0.0625. The molecule has 23 heavy (non-hydrogen) atoms. The molecule has 0 fully saturated rings. The molecular formula is C16H9Br2NO4. The maximum absolute atomic E-state index is 12.1. The number of hydrogen-bond acceptors (Lipinski definition) is 5. The molecule has 0 aliphatic rings. The van der Waals surface area contributed by atoms with Crippen LogP contribution in [0.3, 0.4) is 0 Å². The SMILES string of the molecule is O=C(OCc1cc(=O)oc2cc(Br)ccc12)c1cncc(Br)c1. The minimum atomic E-state index is -0.516. The van der Waals surface area contributed by atoms with Crippen molar-refractivity contribution in [3.8, 4) is 0 Å². The highest BCUT2D eigenvalue weighted by molar-refractivity contribution is 9.10. The Morgan fingerprint density at radius 1 is 1.13 bits per heavy atom. The van der Waals surface area contributed by atoms with E-state index in [1.54, 1.807) is 24.4 Å². The van der Waals surface area contributed by atoms with E-state index in [0.717, 1.165) is 4.47 Å². The number of rotatable bonds is 3. The zero-order chi connectivity index (χ0) is 16.4. The normalized spacial score (nSPS) is 10.7. The van der Waals surface area contributed by atoms with Gasteiger partial charge in [-0.3, -0.25) is 4.98 Å². The van der Waals surface area contributed by atoms with Gasteiger partial charge in [-0.25, -0.2) is 9.59 Å². The zero-order valence-electron chi connectivity index (χ0n) is 11.6. The highest BCUT2D eigenvalue weighted by atomic mass is 79.9. The molecule has 3 aromatic rings. The van der Waals surface area contributed by atoms with Crippen molar-refractivity contribution in [2.45, 2.75) is 6.61 Å². The molecule has 0 saturated carbocycles. The van der Waals surface area contributed by atoms with Gasteiger partial charge in [0, 0.05) is 38.4 Å². The smallest absolute Gasteiger partial charge is 0.340 e. The molecule has 5 nitrogen and oxygen atoms in total. The average molecular weight is 439 g/mol. The maximum atomic E-state index is 12.1. The molecule has 0 amide bonds. The van der Waals surface area contributed by atoms with E-state index in [4.69, 9.17) is 9.15 Å². The van der Waals surface area contributed by atoms with Gasteiger partial charge in [0.2, 0.25) is 0 Å². The third-order valence-electron chi connectivity index (χ3n) is 3.09. The van der Waals surface area contributed by atoms with Crippen LogP contribution in [0, 0.1) is 0 Å². The van der Waals surface area contributed by atoms with Crippen molar-refractivity contribution in [3.05, 3.63) is 73.2 Å². The van der Waals surface area contributed by atoms with Crippen molar-refractivity contribution >= 4 is 48.8 Å². The van der Waals surface area contributed by atoms with Gasteiger partial charge in [-0.1, -0.05) is 15.9 Å². The molecule has 0 aliphatic carbocycles. The summed E-state index contributed by atoms with van der Waals surface area (Å²) in [4.78, 5) is 27.6. The van der Waals surface area contributed by atoms with Gasteiger partial charge >= 0.3 is 11.6 Å². The molecule has 0 radical (unpaired) electrons. The number of aromatic nitrogens is 1. The number of esters is 1. The van der Waals surface area contributed by atoms with Crippen LogP contribution in [0.1, 0.15) is 15.9 Å². The number of benzene rings is 1. The quantitative estimate of drug-likeness (QED) is 0.455. The second kappa shape index (κ2) is 6.64. The van der Waals surface area contributed by atoms with Gasteiger partial charge in [-0.15, -0.1) is 0 Å². The van der Waals surface area contributed by atoms with E-state index in [1.165, 1.54) is 12.3 Å². The molecular weight excluding hydrogens is 430 g/mol. The summed E-state index contributed by atoms with van der Waals surface area (Å²) in [5.41, 5.74) is 0.849. The van der Waals surface area contributed by atoms with Crippen molar-refractivity contribution in [1.82, 2.24) is 4.98 Å². The van der Waals surface area contributed by atoms with E-state index in [-0.39, 0.29) is 6.61 Å². The molecule has 0 aliphatic heterocycles. The Balaban J connectivity index is 1.87. The van der Waals surface area contributed by atoms with Crippen LogP contribution in [0.2, 0.25) is 0 Å². The summed E-state index contributed by atoms with van der Waals surface area (Å²) in [6.07, 6.45) is 2.99. The standard InChI is InChI=1S/C16H9Br2NO4/c17-11-1-2-13-10(4-15(20)23-14(13)5-11)8-22-16(21)9-3-12(18)7-19-6-9/h1-7H,8H2. The predicted molar refractivity (Wildman–Crippen MR) is 91.2 cm³/mol. The lowest BCUT2D eigenvalue weighted by Crippen LogP contribution is -2.08. The summed E-state index contributed by atoms with van der Waals surface area (Å²) >= 11 is 6.57. The third kappa shape index (κ3) is 3.68. The van der Waals surface area contributed by atoms with E-state index < -0.39 is 11.6 Å². The minimum absolute atomic E-state index is 0.0327. The summed E-state index contributed by atoms with van der Waals surface area (Å²) in [5, 5.41) is 0.716. The molecule has 0 spiro atoms. The number of fused-ring (bicyclic) bond motifs is 1. The Kier molecular flexibility index (Phi) is 4.58. The van der Waals surface area contributed by atoms with E-state index in [9.17, 15) is 9.59 Å².